The van der Waals surface area contributed by atoms with Crippen molar-refractivity contribution in [2.45, 2.75) is 21.6 Å². The van der Waals surface area contributed by atoms with E-state index in [1.807, 2.05) is 30.3 Å². The molecule has 25 heavy (non-hydrogen) atoms. The summed E-state index contributed by atoms with van der Waals surface area (Å²) in [7, 11) is 0. The summed E-state index contributed by atoms with van der Waals surface area (Å²) >= 11 is 8.12. The maximum atomic E-state index is 13.4. The molecule has 4 rings (SSSR count). The predicted molar refractivity (Wildman–Crippen MR) is 101 cm³/mol. The molecule has 0 amide bonds. The highest BCUT2D eigenvalue weighted by Gasteiger charge is 2.70. The molecule has 128 valence electrons. The molecule has 0 bridgehead atoms. The molecule has 8 heteroatoms. The fraction of sp³-hybridized carbons (Fsp3) is 0.235. The maximum absolute atomic E-state index is 13.4. The highest BCUT2D eigenvalue weighted by molar-refractivity contribution is 9.13. The van der Waals surface area contributed by atoms with Gasteiger partial charge < -0.3 is 0 Å². The number of carbonyl (C=O) groups is 2. The number of aryl methyl sites for hydroxylation is 1. The van der Waals surface area contributed by atoms with Crippen molar-refractivity contribution in [3.63, 3.8) is 0 Å². The summed E-state index contributed by atoms with van der Waals surface area (Å²) in [5, 5.41) is 11.9. The Kier molecular flexibility index (Phi) is 3.81. The first-order valence-corrected chi connectivity index (χ1v) is 9.88. The number of nitrogens with zero attached hydrogens (tertiary/aromatic N) is 2. The number of allylic oxidation sites excluding steroid dienone is 1. The second-order valence-corrected chi connectivity index (χ2v) is 9.58. The average Bonchev–Trinajstić information content (AvgIpc) is 3.00. The summed E-state index contributed by atoms with van der Waals surface area (Å²) in [6.07, 6.45) is 3.12. The van der Waals surface area contributed by atoms with Gasteiger partial charge in [-0.1, -0.05) is 52.3 Å². The zero-order valence-corrected chi connectivity index (χ0v) is 16.9. The van der Waals surface area contributed by atoms with Gasteiger partial charge in [0.2, 0.25) is 16.0 Å². The molecule has 1 N–H and O–H groups in total. The summed E-state index contributed by atoms with van der Waals surface area (Å²) < 4.78 is -3.09. The molecular formula is C17H12Br2N2O3S. The number of thiazole rings is 1. The van der Waals surface area contributed by atoms with Gasteiger partial charge in [-0.25, -0.2) is 10.0 Å². The third kappa shape index (κ3) is 2.05. The number of Topliss-reactive ketones (excluding diaryl/α,β-unsaturated/α-hetero) is 2. The van der Waals surface area contributed by atoms with E-state index >= 15 is 0 Å². The number of hydrogen-bond donors (Lipinski definition) is 1. The third-order valence-corrected chi connectivity index (χ3v) is 8.87. The summed E-state index contributed by atoms with van der Waals surface area (Å²) in [4.78, 5) is 31.2. The molecule has 0 saturated carbocycles. The van der Waals surface area contributed by atoms with E-state index in [-0.39, 0.29) is 16.4 Å². The van der Waals surface area contributed by atoms with Crippen LogP contribution in [0.1, 0.15) is 36.6 Å². The molecular weight excluding hydrogens is 472 g/mol. The molecule has 3 unspecified atom stereocenters. The summed E-state index contributed by atoms with van der Waals surface area (Å²) in [5.41, 5.74) is 1.01. The molecule has 1 aliphatic carbocycles. The van der Waals surface area contributed by atoms with Crippen LogP contribution in [0.5, 0.6) is 0 Å². The van der Waals surface area contributed by atoms with Gasteiger partial charge in [0.25, 0.3) is 0 Å². The Hall–Kier alpha value is -1.35. The third-order valence-electron chi connectivity index (χ3n) is 4.59. The van der Waals surface area contributed by atoms with E-state index in [4.69, 9.17) is 0 Å². The monoisotopic (exact) mass is 482 g/mol. The number of rotatable bonds is 1. The van der Waals surface area contributed by atoms with Crippen molar-refractivity contribution in [1.82, 2.24) is 10.0 Å². The summed E-state index contributed by atoms with van der Waals surface area (Å²) in [6, 6.07) is 9.39. The van der Waals surface area contributed by atoms with E-state index in [1.54, 1.807) is 13.0 Å². The van der Waals surface area contributed by atoms with Crippen molar-refractivity contribution < 1.29 is 14.8 Å². The van der Waals surface area contributed by atoms with Crippen molar-refractivity contribution in [3.05, 3.63) is 63.7 Å². The number of fused-ring (bicyclic) bond motifs is 2. The second kappa shape index (κ2) is 5.57. The molecule has 3 atom stereocenters. The van der Waals surface area contributed by atoms with Crippen LogP contribution in [0.4, 0.5) is 0 Å². The standard InChI is InChI=1S/C17H12Br2N2O3S/c1-9-20-12-13(25-9)15(23)17(19)16(18,14(12)22)11(7-8-21(17)24)10-5-3-2-4-6-10/h2-8,11,24H,1H3. The van der Waals surface area contributed by atoms with E-state index in [9.17, 15) is 14.8 Å². The Morgan fingerprint density at radius 3 is 2.56 bits per heavy atom. The minimum absolute atomic E-state index is 0.157. The Bertz CT molecular complexity index is 929. The molecule has 0 spiro atoms. The first-order valence-electron chi connectivity index (χ1n) is 7.48. The number of benzene rings is 1. The minimum atomic E-state index is -1.65. The molecule has 0 saturated heterocycles. The van der Waals surface area contributed by atoms with Crippen molar-refractivity contribution in [2.75, 3.05) is 0 Å². The van der Waals surface area contributed by atoms with Gasteiger partial charge in [-0.05, 0) is 28.4 Å². The lowest BCUT2D eigenvalue weighted by Gasteiger charge is -2.51. The van der Waals surface area contributed by atoms with Crippen LogP contribution in [0, 0.1) is 6.92 Å². The zero-order valence-electron chi connectivity index (χ0n) is 12.9. The highest BCUT2D eigenvalue weighted by atomic mass is 79.9. The van der Waals surface area contributed by atoms with Gasteiger partial charge in [0.15, 0.2) is 0 Å². The molecule has 2 aliphatic rings. The van der Waals surface area contributed by atoms with E-state index in [0.717, 1.165) is 22.0 Å². The quantitative estimate of drug-likeness (QED) is 0.489. The Labute approximate surface area is 164 Å². The van der Waals surface area contributed by atoms with E-state index in [2.05, 4.69) is 36.8 Å². The van der Waals surface area contributed by atoms with Gasteiger partial charge in [-0.15, -0.1) is 11.3 Å². The van der Waals surface area contributed by atoms with Crippen molar-refractivity contribution in [3.8, 4) is 0 Å². The van der Waals surface area contributed by atoms with Crippen molar-refractivity contribution >= 4 is 54.8 Å². The van der Waals surface area contributed by atoms with Crippen molar-refractivity contribution in [2.24, 2.45) is 0 Å². The highest BCUT2D eigenvalue weighted by Crippen LogP contribution is 2.58. The van der Waals surface area contributed by atoms with Gasteiger partial charge in [0.05, 0.1) is 5.01 Å². The first kappa shape index (κ1) is 17.1. The minimum Gasteiger partial charge on any atom is -0.291 e. The molecule has 1 aliphatic heterocycles. The topological polar surface area (TPSA) is 70.5 Å². The van der Waals surface area contributed by atoms with Crippen LogP contribution in [0.3, 0.4) is 0 Å². The number of hydroxylamine groups is 2. The summed E-state index contributed by atoms with van der Waals surface area (Å²) in [6.45, 7) is 1.75. The van der Waals surface area contributed by atoms with Crippen LogP contribution < -0.4 is 0 Å². The van der Waals surface area contributed by atoms with Gasteiger partial charge in [-0.2, -0.15) is 0 Å². The van der Waals surface area contributed by atoms with Crippen LogP contribution in [-0.2, 0) is 0 Å². The largest absolute Gasteiger partial charge is 0.291 e. The van der Waals surface area contributed by atoms with Crippen LogP contribution in [0.2, 0.25) is 0 Å². The number of halogens is 2. The van der Waals surface area contributed by atoms with Crippen molar-refractivity contribution in [1.29, 1.82) is 0 Å². The fourth-order valence-corrected chi connectivity index (χ4v) is 6.14. The lowest BCUT2D eigenvalue weighted by Crippen LogP contribution is -2.69. The SMILES string of the molecule is Cc1nc2c(s1)C(=O)C1(Br)N(O)C=CC(c3ccccc3)C1(Br)C2=O. The van der Waals surface area contributed by atoms with Gasteiger partial charge in [-0.3, -0.25) is 14.8 Å². The smallest absolute Gasteiger partial charge is 0.215 e. The van der Waals surface area contributed by atoms with Gasteiger partial charge in [0, 0.05) is 12.1 Å². The molecule has 1 aromatic heterocycles. The Morgan fingerprint density at radius 2 is 1.88 bits per heavy atom. The van der Waals surface area contributed by atoms with Crippen LogP contribution in [0.15, 0.2) is 42.6 Å². The van der Waals surface area contributed by atoms with E-state index in [0.29, 0.717) is 5.01 Å². The lowest BCUT2D eigenvalue weighted by atomic mass is 9.71. The van der Waals surface area contributed by atoms with Crippen LogP contribution in [-0.4, -0.2) is 35.6 Å². The number of carbonyl (C=O) groups excluding carboxylic acids is 2. The van der Waals surface area contributed by atoms with E-state index in [1.165, 1.54) is 6.20 Å². The lowest BCUT2D eigenvalue weighted by molar-refractivity contribution is -0.0917. The predicted octanol–water partition coefficient (Wildman–Crippen LogP) is 4.06. The van der Waals surface area contributed by atoms with E-state index < -0.39 is 20.5 Å². The maximum Gasteiger partial charge on any atom is 0.215 e. The number of aromatic nitrogens is 1. The van der Waals surface area contributed by atoms with Gasteiger partial charge >= 0.3 is 0 Å². The second-order valence-electron chi connectivity index (χ2n) is 5.98. The molecule has 0 radical (unpaired) electrons. The molecule has 1 aromatic carbocycles. The Balaban J connectivity index is 2.02. The summed E-state index contributed by atoms with van der Waals surface area (Å²) in [5.74, 6) is -1.19. The molecule has 2 heterocycles. The molecule has 2 aromatic rings. The van der Waals surface area contributed by atoms with Crippen LogP contribution >= 0.6 is 43.2 Å². The van der Waals surface area contributed by atoms with Gasteiger partial charge in [0.1, 0.15) is 14.9 Å². The number of hydrogen-bond acceptors (Lipinski definition) is 6. The normalized spacial score (nSPS) is 31.0. The first-order chi connectivity index (χ1) is 11.8. The molecule has 5 nitrogen and oxygen atoms in total. The number of alkyl halides is 2. The average molecular weight is 484 g/mol. The fourth-order valence-electron chi connectivity index (χ4n) is 3.40. The number of ketones is 2. The van der Waals surface area contributed by atoms with Crippen LogP contribution in [0.25, 0.3) is 0 Å². The molecule has 0 fully saturated rings. The zero-order chi connectivity index (χ0) is 18.0. The Morgan fingerprint density at radius 1 is 1.20 bits per heavy atom.